The number of rotatable bonds is 6. The molecule has 118 valence electrons. The average Bonchev–Trinajstić information content (AvgIpc) is 2.83. The Hall–Kier alpha value is -1.78. The summed E-state index contributed by atoms with van der Waals surface area (Å²) in [4.78, 5) is 24.1. The number of hydrogen-bond acceptors (Lipinski definition) is 4. The summed E-state index contributed by atoms with van der Waals surface area (Å²) >= 11 is 0. The van der Waals surface area contributed by atoms with Crippen LogP contribution in [0, 0.1) is 5.92 Å². The average molecular weight is 295 g/mol. The molecule has 5 heteroatoms. The third kappa shape index (κ3) is 6.47. The van der Waals surface area contributed by atoms with Crippen LogP contribution in [0.15, 0.2) is 22.8 Å². The van der Waals surface area contributed by atoms with Crippen LogP contribution in [-0.4, -0.2) is 23.5 Å². The molecule has 0 unspecified atom stereocenters. The molecule has 1 atom stereocenters. The Bertz CT molecular complexity index is 457. The van der Waals surface area contributed by atoms with Crippen molar-refractivity contribution in [1.82, 2.24) is 5.32 Å². The molecular formula is C16H25NO4. The molecule has 21 heavy (non-hydrogen) atoms. The fourth-order valence-corrected chi connectivity index (χ4v) is 1.80. The van der Waals surface area contributed by atoms with Gasteiger partial charge in [0.15, 0.2) is 0 Å². The Morgan fingerprint density at radius 2 is 2.00 bits per heavy atom. The summed E-state index contributed by atoms with van der Waals surface area (Å²) in [6.07, 6.45) is 2.36. The summed E-state index contributed by atoms with van der Waals surface area (Å²) in [6, 6.07) is 2.97. The predicted molar refractivity (Wildman–Crippen MR) is 79.6 cm³/mol. The monoisotopic (exact) mass is 295 g/mol. The number of carbonyl (C=O) groups excluding carboxylic acids is 2. The molecule has 1 heterocycles. The molecule has 1 aromatic rings. The maximum absolute atomic E-state index is 12.1. The van der Waals surface area contributed by atoms with Crippen LogP contribution in [0.1, 0.15) is 46.8 Å². The Kier molecular flexibility index (Phi) is 6.00. The number of ether oxygens (including phenoxy) is 1. The number of nitrogens with one attached hydrogen (secondary N) is 1. The van der Waals surface area contributed by atoms with Gasteiger partial charge in [-0.2, -0.15) is 0 Å². The Morgan fingerprint density at radius 3 is 2.48 bits per heavy atom. The molecule has 0 aromatic carbocycles. The Morgan fingerprint density at radius 1 is 1.33 bits per heavy atom. The molecule has 0 aliphatic rings. The van der Waals surface area contributed by atoms with Crippen LogP contribution in [-0.2, 0) is 20.7 Å². The Balaban J connectivity index is 2.53. The van der Waals surface area contributed by atoms with E-state index in [1.165, 1.54) is 0 Å². The number of furan rings is 1. The van der Waals surface area contributed by atoms with Crippen LogP contribution in [0.5, 0.6) is 0 Å². The lowest BCUT2D eigenvalue weighted by atomic mass is 10.0. The number of esters is 1. The topological polar surface area (TPSA) is 68.5 Å². The zero-order valence-corrected chi connectivity index (χ0v) is 13.4. The molecule has 0 saturated carbocycles. The quantitative estimate of drug-likeness (QED) is 0.819. The maximum Gasteiger partial charge on any atom is 0.329 e. The molecule has 1 aromatic heterocycles. The highest BCUT2D eigenvalue weighted by molar-refractivity contribution is 5.84. The minimum absolute atomic E-state index is 0.0348. The molecule has 0 aliphatic carbocycles. The van der Waals surface area contributed by atoms with Crippen molar-refractivity contribution in [2.24, 2.45) is 5.92 Å². The second-order valence-corrected chi connectivity index (χ2v) is 6.40. The Labute approximate surface area is 126 Å². The molecular weight excluding hydrogens is 270 g/mol. The number of hydrogen-bond donors (Lipinski definition) is 1. The molecule has 5 nitrogen and oxygen atoms in total. The molecule has 1 N–H and O–H groups in total. The third-order valence-electron chi connectivity index (χ3n) is 2.82. The van der Waals surface area contributed by atoms with Crippen molar-refractivity contribution in [3.05, 3.63) is 24.2 Å². The van der Waals surface area contributed by atoms with Crippen molar-refractivity contribution in [3.8, 4) is 0 Å². The summed E-state index contributed by atoms with van der Waals surface area (Å²) < 4.78 is 10.5. The normalized spacial score (nSPS) is 13.0. The molecule has 0 spiro atoms. The van der Waals surface area contributed by atoms with Gasteiger partial charge in [0.05, 0.1) is 6.26 Å². The van der Waals surface area contributed by atoms with Gasteiger partial charge in [-0.05, 0) is 38.8 Å². The van der Waals surface area contributed by atoms with E-state index in [4.69, 9.17) is 9.15 Å². The van der Waals surface area contributed by atoms with E-state index in [-0.39, 0.29) is 18.2 Å². The van der Waals surface area contributed by atoms with E-state index in [0.29, 0.717) is 6.42 Å². The standard InChI is InChI=1S/C16H25NO4/c1-11(2)14(15(19)21-16(3,4)5)17-13(18)9-8-12-7-6-10-20-12/h6-7,10-11,14H,8-9H2,1-5H3,(H,17,18)/t14-/m0/s1. The molecule has 0 radical (unpaired) electrons. The van der Waals surface area contributed by atoms with Gasteiger partial charge >= 0.3 is 5.97 Å². The predicted octanol–water partition coefficient (Wildman–Crippen LogP) is 2.69. The SMILES string of the molecule is CC(C)[C@H](NC(=O)CCc1ccco1)C(=O)OC(C)(C)C. The fourth-order valence-electron chi connectivity index (χ4n) is 1.80. The second kappa shape index (κ2) is 7.29. The molecule has 1 amide bonds. The van der Waals surface area contributed by atoms with Gasteiger partial charge in [-0.15, -0.1) is 0 Å². The van der Waals surface area contributed by atoms with E-state index >= 15 is 0 Å². The first-order chi connectivity index (χ1) is 9.69. The number of carbonyl (C=O) groups is 2. The van der Waals surface area contributed by atoms with Crippen LogP contribution in [0.25, 0.3) is 0 Å². The van der Waals surface area contributed by atoms with E-state index in [1.54, 1.807) is 33.1 Å². The number of aryl methyl sites for hydroxylation is 1. The first-order valence-corrected chi connectivity index (χ1v) is 7.23. The smallest absolute Gasteiger partial charge is 0.329 e. The van der Waals surface area contributed by atoms with Crippen LogP contribution in [0.3, 0.4) is 0 Å². The van der Waals surface area contributed by atoms with Crippen LogP contribution >= 0.6 is 0 Å². The lowest BCUT2D eigenvalue weighted by Gasteiger charge is -2.26. The van der Waals surface area contributed by atoms with Crippen molar-refractivity contribution >= 4 is 11.9 Å². The molecule has 0 bridgehead atoms. The van der Waals surface area contributed by atoms with Gasteiger partial charge in [0.25, 0.3) is 0 Å². The van der Waals surface area contributed by atoms with Gasteiger partial charge in [-0.25, -0.2) is 4.79 Å². The summed E-state index contributed by atoms with van der Waals surface area (Å²) in [7, 11) is 0. The minimum Gasteiger partial charge on any atom is -0.469 e. The van der Waals surface area contributed by atoms with Gasteiger partial charge in [0.1, 0.15) is 17.4 Å². The lowest BCUT2D eigenvalue weighted by molar-refractivity contribution is -0.160. The summed E-state index contributed by atoms with van der Waals surface area (Å²) in [5.74, 6) is 0.135. The molecule has 0 aliphatic heterocycles. The van der Waals surface area contributed by atoms with Crippen molar-refractivity contribution < 1.29 is 18.7 Å². The first-order valence-electron chi connectivity index (χ1n) is 7.23. The number of amides is 1. The highest BCUT2D eigenvalue weighted by atomic mass is 16.6. The fraction of sp³-hybridized carbons (Fsp3) is 0.625. The van der Waals surface area contributed by atoms with E-state index in [2.05, 4.69) is 5.32 Å². The summed E-state index contributed by atoms with van der Waals surface area (Å²) in [5.41, 5.74) is -0.566. The minimum atomic E-state index is -0.631. The van der Waals surface area contributed by atoms with Crippen molar-refractivity contribution in [2.45, 2.75) is 59.1 Å². The van der Waals surface area contributed by atoms with E-state index in [1.807, 2.05) is 19.9 Å². The van der Waals surface area contributed by atoms with E-state index in [0.717, 1.165) is 5.76 Å². The maximum atomic E-state index is 12.1. The van der Waals surface area contributed by atoms with Crippen molar-refractivity contribution in [2.75, 3.05) is 0 Å². The zero-order valence-electron chi connectivity index (χ0n) is 13.4. The molecule has 1 rings (SSSR count). The summed E-state index contributed by atoms with van der Waals surface area (Å²) in [6.45, 7) is 9.17. The van der Waals surface area contributed by atoms with Crippen molar-refractivity contribution in [1.29, 1.82) is 0 Å². The first kappa shape index (κ1) is 17.3. The van der Waals surface area contributed by atoms with Crippen LogP contribution in [0.2, 0.25) is 0 Å². The van der Waals surface area contributed by atoms with Crippen LogP contribution < -0.4 is 5.32 Å². The van der Waals surface area contributed by atoms with E-state index < -0.39 is 17.6 Å². The zero-order chi connectivity index (χ0) is 16.0. The van der Waals surface area contributed by atoms with Gasteiger partial charge in [-0.1, -0.05) is 13.8 Å². The summed E-state index contributed by atoms with van der Waals surface area (Å²) in [5, 5.41) is 2.75. The second-order valence-electron chi connectivity index (χ2n) is 6.40. The van der Waals surface area contributed by atoms with Gasteiger partial charge in [0, 0.05) is 12.8 Å². The van der Waals surface area contributed by atoms with E-state index in [9.17, 15) is 9.59 Å². The molecule has 0 saturated heterocycles. The highest BCUT2D eigenvalue weighted by Crippen LogP contribution is 2.13. The van der Waals surface area contributed by atoms with Crippen molar-refractivity contribution in [3.63, 3.8) is 0 Å². The third-order valence-corrected chi connectivity index (χ3v) is 2.82. The van der Waals surface area contributed by atoms with Crippen LogP contribution in [0.4, 0.5) is 0 Å². The van der Waals surface area contributed by atoms with Gasteiger partial charge < -0.3 is 14.5 Å². The lowest BCUT2D eigenvalue weighted by Crippen LogP contribution is -2.47. The van der Waals surface area contributed by atoms with Gasteiger partial charge in [-0.3, -0.25) is 4.79 Å². The highest BCUT2D eigenvalue weighted by Gasteiger charge is 2.28. The molecule has 0 fully saturated rings. The van der Waals surface area contributed by atoms with Gasteiger partial charge in [0.2, 0.25) is 5.91 Å². The largest absolute Gasteiger partial charge is 0.469 e.